The summed E-state index contributed by atoms with van der Waals surface area (Å²) >= 11 is 1.56. The molecule has 4 heteroatoms. The topological polar surface area (TPSA) is 38.0 Å². The smallest absolute Gasteiger partial charge is 0.136 e. The number of thioether (sulfide) groups is 1. The molecule has 0 radical (unpaired) electrons. The Balaban J connectivity index is 1.88. The van der Waals surface area contributed by atoms with Crippen molar-refractivity contribution >= 4 is 11.8 Å². The van der Waals surface area contributed by atoms with Crippen molar-refractivity contribution < 1.29 is 4.39 Å². The van der Waals surface area contributed by atoms with E-state index in [-0.39, 0.29) is 11.9 Å². The summed E-state index contributed by atoms with van der Waals surface area (Å²) in [5.41, 5.74) is 2.92. The van der Waals surface area contributed by atoms with E-state index in [0.717, 1.165) is 5.75 Å². The van der Waals surface area contributed by atoms with Gasteiger partial charge in [-0.15, -0.1) is 11.8 Å². The van der Waals surface area contributed by atoms with E-state index in [0.29, 0.717) is 10.8 Å². The fourth-order valence-electron chi connectivity index (χ4n) is 2.60. The summed E-state index contributed by atoms with van der Waals surface area (Å²) < 4.78 is 13.5. The quantitative estimate of drug-likeness (QED) is 0.489. The van der Waals surface area contributed by atoms with Gasteiger partial charge < -0.3 is 0 Å². The summed E-state index contributed by atoms with van der Waals surface area (Å²) in [5, 5.41) is 0. The van der Waals surface area contributed by atoms with Crippen LogP contribution in [0.2, 0.25) is 0 Å². The molecule has 0 amide bonds. The maximum atomic E-state index is 13.5. The number of halogens is 1. The average Bonchev–Trinajstić information content (AvgIpc) is 2.42. The molecular formula is C14H21FN2S. The van der Waals surface area contributed by atoms with E-state index < -0.39 is 0 Å². The van der Waals surface area contributed by atoms with Crippen LogP contribution in [-0.2, 0) is 0 Å². The monoisotopic (exact) mass is 268 g/mol. The number of hydrogen-bond acceptors (Lipinski definition) is 3. The molecule has 1 atom stereocenters. The zero-order chi connectivity index (χ0) is 12.8. The molecule has 3 N–H and O–H groups in total. The fourth-order valence-corrected chi connectivity index (χ4v) is 3.71. The summed E-state index contributed by atoms with van der Waals surface area (Å²) in [6, 6.07) is 7.22. The van der Waals surface area contributed by atoms with Gasteiger partial charge in [0.15, 0.2) is 0 Å². The number of rotatable bonds is 5. The second-order valence-corrected chi connectivity index (χ2v) is 5.97. The zero-order valence-corrected chi connectivity index (χ0v) is 11.4. The zero-order valence-electron chi connectivity index (χ0n) is 10.6. The molecule has 0 bridgehead atoms. The fraction of sp³-hybridized carbons (Fsp3) is 0.571. The van der Waals surface area contributed by atoms with Gasteiger partial charge >= 0.3 is 0 Å². The van der Waals surface area contributed by atoms with Gasteiger partial charge in [0.05, 0.1) is 0 Å². The van der Waals surface area contributed by atoms with Crippen LogP contribution in [0.5, 0.6) is 0 Å². The summed E-state index contributed by atoms with van der Waals surface area (Å²) in [5.74, 6) is 6.99. The highest BCUT2D eigenvalue weighted by atomic mass is 32.2. The molecular weight excluding hydrogens is 247 g/mol. The Hall–Kier alpha value is -0.580. The van der Waals surface area contributed by atoms with Gasteiger partial charge in [-0.05, 0) is 30.9 Å². The highest BCUT2D eigenvalue weighted by molar-refractivity contribution is 7.99. The first-order valence-corrected chi connectivity index (χ1v) is 7.63. The van der Waals surface area contributed by atoms with Crippen molar-refractivity contribution in [1.82, 2.24) is 5.43 Å². The highest BCUT2D eigenvalue weighted by Crippen LogP contribution is 2.30. The van der Waals surface area contributed by atoms with Gasteiger partial charge in [0.1, 0.15) is 5.82 Å². The third-order valence-corrected chi connectivity index (χ3v) is 4.86. The predicted molar refractivity (Wildman–Crippen MR) is 74.8 cm³/mol. The molecule has 1 saturated carbocycles. The second-order valence-electron chi connectivity index (χ2n) is 4.91. The Morgan fingerprint density at radius 3 is 2.67 bits per heavy atom. The van der Waals surface area contributed by atoms with E-state index in [2.05, 4.69) is 5.43 Å². The van der Waals surface area contributed by atoms with E-state index in [1.165, 1.54) is 38.2 Å². The van der Waals surface area contributed by atoms with E-state index in [1.807, 2.05) is 12.1 Å². The van der Waals surface area contributed by atoms with Crippen molar-refractivity contribution in [2.24, 2.45) is 11.8 Å². The van der Waals surface area contributed by atoms with E-state index in [1.54, 1.807) is 17.8 Å². The molecule has 1 fully saturated rings. The molecule has 1 aromatic carbocycles. The van der Waals surface area contributed by atoms with Crippen LogP contribution in [0, 0.1) is 11.7 Å². The van der Waals surface area contributed by atoms with Crippen LogP contribution in [0.4, 0.5) is 4.39 Å². The normalized spacial score (nSPS) is 18.8. The van der Waals surface area contributed by atoms with Gasteiger partial charge in [0.25, 0.3) is 0 Å². The van der Waals surface area contributed by atoms with Crippen molar-refractivity contribution in [2.75, 3.05) is 5.75 Å². The van der Waals surface area contributed by atoms with Crippen LogP contribution in [0.1, 0.15) is 32.1 Å². The Morgan fingerprint density at radius 1 is 1.28 bits per heavy atom. The molecule has 1 unspecified atom stereocenters. The number of benzene rings is 1. The van der Waals surface area contributed by atoms with E-state index in [9.17, 15) is 4.39 Å². The lowest BCUT2D eigenvalue weighted by Crippen LogP contribution is -2.43. The lowest BCUT2D eigenvalue weighted by atomic mass is 9.85. The second kappa shape index (κ2) is 7.12. The maximum Gasteiger partial charge on any atom is 0.136 e. The minimum Gasteiger partial charge on any atom is -0.271 e. The standard InChI is InChI=1S/C14H21FN2S/c15-12-8-4-5-9-14(12)18-10-13(17-16)11-6-2-1-3-7-11/h4-5,8-9,11,13,17H,1-3,6-7,10,16H2. The predicted octanol–water partition coefficient (Wildman–Crippen LogP) is 3.33. The van der Waals surface area contributed by atoms with Gasteiger partial charge in [-0.1, -0.05) is 31.4 Å². The first kappa shape index (κ1) is 13.8. The number of hydrazine groups is 1. The number of hydrogen-bond donors (Lipinski definition) is 2. The van der Waals surface area contributed by atoms with Crippen LogP contribution in [0.25, 0.3) is 0 Å². The number of nitrogens with two attached hydrogens (primary N) is 1. The maximum absolute atomic E-state index is 13.5. The molecule has 18 heavy (non-hydrogen) atoms. The Morgan fingerprint density at radius 2 is 2.00 bits per heavy atom. The van der Waals surface area contributed by atoms with E-state index in [4.69, 9.17) is 5.84 Å². The minimum atomic E-state index is -0.137. The van der Waals surface area contributed by atoms with Crippen molar-refractivity contribution in [3.05, 3.63) is 30.1 Å². The average molecular weight is 268 g/mol. The Labute approximate surface area is 112 Å². The molecule has 2 rings (SSSR count). The van der Waals surface area contributed by atoms with Crippen LogP contribution < -0.4 is 11.3 Å². The van der Waals surface area contributed by atoms with Gasteiger partial charge in [-0.2, -0.15) is 0 Å². The van der Waals surface area contributed by atoms with Crippen molar-refractivity contribution in [2.45, 2.75) is 43.0 Å². The van der Waals surface area contributed by atoms with E-state index >= 15 is 0 Å². The van der Waals surface area contributed by atoms with Crippen molar-refractivity contribution in [3.8, 4) is 0 Å². The molecule has 100 valence electrons. The molecule has 0 aliphatic heterocycles. The summed E-state index contributed by atoms with van der Waals surface area (Å²) in [4.78, 5) is 0.716. The minimum absolute atomic E-state index is 0.137. The molecule has 0 aromatic heterocycles. The summed E-state index contributed by atoms with van der Waals surface area (Å²) in [6.45, 7) is 0. The van der Waals surface area contributed by atoms with Gasteiger partial charge in [-0.3, -0.25) is 11.3 Å². The highest BCUT2D eigenvalue weighted by Gasteiger charge is 2.22. The molecule has 0 heterocycles. The van der Waals surface area contributed by atoms with Gasteiger partial charge in [0.2, 0.25) is 0 Å². The third kappa shape index (κ3) is 3.70. The SMILES string of the molecule is NNC(CSc1ccccc1F)C1CCCCC1. The summed E-state index contributed by atoms with van der Waals surface area (Å²) in [7, 11) is 0. The van der Waals surface area contributed by atoms with Gasteiger partial charge in [0, 0.05) is 16.7 Å². The molecule has 2 nitrogen and oxygen atoms in total. The van der Waals surface area contributed by atoms with Crippen LogP contribution in [0.15, 0.2) is 29.2 Å². The molecule has 0 spiro atoms. The first-order chi connectivity index (χ1) is 8.81. The van der Waals surface area contributed by atoms with Crippen LogP contribution >= 0.6 is 11.8 Å². The van der Waals surface area contributed by atoms with Crippen molar-refractivity contribution in [3.63, 3.8) is 0 Å². The molecule has 1 aromatic rings. The Bertz CT molecular complexity index is 367. The largest absolute Gasteiger partial charge is 0.271 e. The lowest BCUT2D eigenvalue weighted by Gasteiger charge is -2.29. The van der Waals surface area contributed by atoms with Crippen molar-refractivity contribution in [1.29, 1.82) is 0 Å². The lowest BCUT2D eigenvalue weighted by molar-refractivity contribution is 0.287. The molecule has 1 aliphatic rings. The van der Waals surface area contributed by atoms with Crippen LogP contribution in [-0.4, -0.2) is 11.8 Å². The number of nitrogens with one attached hydrogen (secondary N) is 1. The van der Waals surface area contributed by atoms with Crippen LogP contribution in [0.3, 0.4) is 0 Å². The molecule has 1 aliphatic carbocycles. The first-order valence-electron chi connectivity index (χ1n) is 6.64. The van der Waals surface area contributed by atoms with Gasteiger partial charge in [-0.25, -0.2) is 4.39 Å². The summed E-state index contributed by atoms with van der Waals surface area (Å²) in [6.07, 6.45) is 6.42. The third-order valence-electron chi connectivity index (χ3n) is 3.69. The molecule has 0 saturated heterocycles. The Kier molecular flexibility index (Phi) is 5.47.